The number of aromatic amines is 1. The molecule has 0 saturated heterocycles. The zero-order valence-corrected chi connectivity index (χ0v) is 12.1. The fraction of sp³-hybridized carbons (Fsp3) is 0.0625. The topological polar surface area (TPSA) is 72.3 Å². The fourth-order valence-corrected chi connectivity index (χ4v) is 2.46. The van der Waals surface area contributed by atoms with Crippen molar-refractivity contribution in [2.75, 3.05) is 7.11 Å². The maximum Gasteiger partial charge on any atom is 0.348 e. The highest BCUT2D eigenvalue weighted by Gasteiger charge is 2.13. The summed E-state index contributed by atoms with van der Waals surface area (Å²) in [4.78, 5) is 19.3. The molecule has 0 bridgehead atoms. The van der Waals surface area contributed by atoms with E-state index in [1.54, 1.807) is 37.4 Å². The predicted octanol–water partition coefficient (Wildman–Crippen LogP) is 2.39. The summed E-state index contributed by atoms with van der Waals surface area (Å²) in [6, 6.07) is 11.1. The van der Waals surface area contributed by atoms with Crippen LogP contribution in [0.3, 0.4) is 0 Å². The SMILES string of the molecule is COc1ccc2[nH]c(=O)n3nc(-c4ccc(F)cc4)nc3c2c1. The standard InChI is InChI=1S/C16H11FN4O2/c1-23-11-6-7-13-12(8-11)15-19-14(20-21(15)16(22)18-13)9-2-4-10(17)5-3-9/h2-8H,1H3,(H,18,22). The third-order valence-electron chi connectivity index (χ3n) is 3.61. The Hall–Kier alpha value is -3.22. The smallest absolute Gasteiger partial charge is 0.348 e. The van der Waals surface area contributed by atoms with Crippen molar-refractivity contribution in [1.82, 2.24) is 19.6 Å². The van der Waals surface area contributed by atoms with E-state index < -0.39 is 5.69 Å². The van der Waals surface area contributed by atoms with E-state index in [0.717, 1.165) is 0 Å². The van der Waals surface area contributed by atoms with E-state index in [-0.39, 0.29) is 5.82 Å². The van der Waals surface area contributed by atoms with Gasteiger partial charge in [-0.15, -0.1) is 5.10 Å². The average Bonchev–Trinajstić information content (AvgIpc) is 3.01. The van der Waals surface area contributed by atoms with E-state index in [4.69, 9.17) is 4.74 Å². The summed E-state index contributed by atoms with van der Waals surface area (Å²) < 4.78 is 19.5. The molecular formula is C16H11FN4O2. The first kappa shape index (κ1) is 13.4. The van der Waals surface area contributed by atoms with Crippen LogP contribution in [0.5, 0.6) is 5.75 Å². The normalized spacial score (nSPS) is 11.2. The Kier molecular flexibility index (Phi) is 2.87. The van der Waals surface area contributed by atoms with Crippen molar-refractivity contribution in [3.63, 3.8) is 0 Å². The van der Waals surface area contributed by atoms with E-state index in [0.29, 0.717) is 33.7 Å². The van der Waals surface area contributed by atoms with Crippen molar-refractivity contribution in [1.29, 1.82) is 0 Å². The first-order valence-electron chi connectivity index (χ1n) is 6.88. The molecule has 4 rings (SSSR count). The van der Waals surface area contributed by atoms with Crippen LogP contribution < -0.4 is 10.4 Å². The third kappa shape index (κ3) is 2.13. The highest BCUT2D eigenvalue weighted by atomic mass is 19.1. The minimum Gasteiger partial charge on any atom is -0.497 e. The molecule has 1 N–H and O–H groups in total. The second-order valence-electron chi connectivity index (χ2n) is 5.02. The molecule has 0 amide bonds. The predicted molar refractivity (Wildman–Crippen MR) is 83.1 cm³/mol. The quantitative estimate of drug-likeness (QED) is 0.617. The summed E-state index contributed by atoms with van der Waals surface area (Å²) in [5.41, 5.74) is 1.30. The van der Waals surface area contributed by atoms with Gasteiger partial charge >= 0.3 is 5.69 Å². The Morgan fingerprint density at radius 2 is 1.96 bits per heavy atom. The second kappa shape index (κ2) is 4.91. The van der Waals surface area contributed by atoms with Crippen LogP contribution >= 0.6 is 0 Å². The summed E-state index contributed by atoms with van der Waals surface area (Å²) >= 11 is 0. The van der Waals surface area contributed by atoms with Crippen LogP contribution in [0.25, 0.3) is 27.9 Å². The van der Waals surface area contributed by atoms with Crippen LogP contribution in [0, 0.1) is 5.82 Å². The number of nitrogens with zero attached hydrogens (tertiary/aromatic N) is 3. The second-order valence-corrected chi connectivity index (χ2v) is 5.02. The van der Waals surface area contributed by atoms with Crippen LogP contribution in [0.1, 0.15) is 0 Å². The van der Waals surface area contributed by atoms with E-state index in [9.17, 15) is 9.18 Å². The van der Waals surface area contributed by atoms with Crippen LogP contribution in [0.2, 0.25) is 0 Å². The first-order valence-corrected chi connectivity index (χ1v) is 6.88. The van der Waals surface area contributed by atoms with Crippen molar-refractivity contribution in [3.8, 4) is 17.1 Å². The summed E-state index contributed by atoms with van der Waals surface area (Å²) in [5.74, 6) is 0.661. The highest BCUT2D eigenvalue weighted by molar-refractivity contribution is 5.92. The van der Waals surface area contributed by atoms with Gasteiger partial charge in [0.2, 0.25) is 0 Å². The van der Waals surface area contributed by atoms with Gasteiger partial charge in [-0.2, -0.15) is 4.52 Å². The minimum atomic E-state index is -0.390. The molecule has 0 aliphatic heterocycles. The van der Waals surface area contributed by atoms with Crippen molar-refractivity contribution >= 4 is 16.6 Å². The van der Waals surface area contributed by atoms with E-state index >= 15 is 0 Å². The maximum atomic E-state index is 13.0. The Morgan fingerprint density at radius 1 is 1.17 bits per heavy atom. The van der Waals surface area contributed by atoms with E-state index in [1.165, 1.54) is 16.6 Å². The molecule has 6 nitrogen and oxygen atoms in total. The number of methoxy groups -OCH3 is 1. The number of fused-ring (bicyclic) bond motifs is 3. The summed E-state index contributed by atoms with van der Waals surface area (Å²) in [5, 5.41) is 4.93. The molecule has 2 aromatic carbocycles. The number of nitrogens with one attached hydrogen (secondary N) is 1. The molecule has 7 heteroatoms. The van der Waals surface area contributed by atoms with Gasteiger partial charge in [0.05, 0.1) is 12.6 Å². The van der Waals surface area contributed by atoms with Crippen molar-refractivity contribution in [3.05, 3.63) is 58.8 Å². The molecular weight excluding hydrogens is 299 g/mol. The lowest BCUT2D eigenvalue weighted by atomic mass is 10.2. The molecule has 114 valence electrons. The molecule has 0 atom stereocenters. The molecule has 0 fully saturated rings. The molecule has 0 radical (unpaired) electrons. The zero-order valence-electron chi connectivity index (χ0n) is 12.1. The van der Waals surface area contributed by atoms with Gasteiger partial charge in [-0.3, -0.25) is 0 Å². The molecule has 0 spiro atoms. The molecule has 0 unspecified atom stereocenters. The van der Waals surface area contributed by atoms with Crippen LogP contribution in [-0.2, 0) is 0 Å². The van der Waals surface area contributed by atoms with Crippen molar-refractivity contribution in [2.45, 2.75) is 0 Å². The Balaban J connectivity index is 2.03. The summed E-state index contributed by atoms with van der Waals surface area (Å²) in [7, 11) is 1.57. The molecule has 23 heavy (non-hydrogen) atoms. The van der Waals surface area contributed by atoms with Gasteiger partial charge in [0.15, 0.2) is 11.5 Å². The lowest BCUT2D eigenvalue weighted by molar-refractivity contribution is 0.415. The number of benzene rings is 2. The van der Waals surface area contributed by atoms with E-state index in [2.05, 4.69) is 15.1 Å². The van der Waals surface area contributed by atoms with Gasteiger partial charge in [-0.05, 0) is 42.5 Å². The minimum absolute atomic E-state index is 0.342. The third-order valence-corrected chi connectivity index (χ3v) is 3.61. The van der Waals surface area contributed by atoms with Gasteiger partial charge in [-0.1, -0.05) is 0 Å². The number of aromatic nitrogens is 4. The number of rotatable bonds is 2. The van der Waals surface area contributed by atoms with Gasteiger partial charge in [0.25, 0.3) is 0 Å². The number of ether oxygens (including phenoxy) is 1. The largest absolute Gasteiger partial charge is 0.497 e. The van der Waals surface area contributed by atoms with Gasteiger partial charge in [0.1, 0.15) is 11.6 Å². The fourth-order valence-electron chi connectivity index (χ4n) is 2.46. The monoisotopic (exact) mass is 310 g/mol. The molecule has 0 aliphatic carbocycles. The Bertz CT molecular complexity index is 1080. The molecule has 2 heterocycles. The number of halogens is 1. The molecule has 0 saturated carbocycles. The van der Waals surface area contributed by atoms with Gasteiger partial charge in [0, 0.05) is 10.9 Å². The van der Waals surface area contributed by atoms with Gasteiger partial charge in [-0.25, -0.2) is 14.2 Å². The lowest BCUT2D eigenvalue weighted by Crippen LogP contribution is -2.17. The number of hydrogen-bond acceptors (Lipinski definition) is 4. The van der Waals surface area contributed by atoms with Crippen LogP contribution in [0.15, 0.2) is 47.3 Å². The summed E-state index contributed by atoms with van der Waals surface area (Å²) in [6.07, 6.45) is 0. The molecule has 2 aromatic heterocycles. The zero-order chi connectivity index (χ0) is 16.0. The maximum absolute atomic E-state index is 13.0. The number of H-pyrrole nitrogens is 1. The Morgan fingerprint density at radius 3 is 2.70 bits per heavy atom. The van der Waals surface area contributed by atoms with Crippen LogP contribution in [0.4, 0.5) is 4.39 Å². The van der Waals surface area contributed by atoms with Gasteiger partial charge < -0.3 is 9.72 Å². The lowest BCUT2D eigenvalue weighted by Gasteiger charge is -2.02. The van der Waals surface area contributed by atoms with Crippen molar-refractivity contribution < 1.29 is 9.13 Å². The average molecular weight is 310 g/mol. The van der Waals surface area contributed by atoms with E-state index in [1.807, 2.05) is 0 Å². The first-order chi connectivity index (χ1) is 11.2. The van der Waals surface area contributed by atoms with Crippen molar-refractivity contribution in [2.24, 2.45) is 0 Å². The Labute approximate surface area is 129 Å². The highest BCUT2D eigenvalue weighted by Crippen LogP contribution is 2.23. The number of hydrogen-bond donors (Lipinski definition) is 1. The molecule has 4 aromatic rings. The summed E-state index contributed by atoms with van der Waals surface area (Å²) in [6.45, 7) is 0. The molecule has 0 aliphatic rings. The van der Waals surface area contributed by atoms with Crippen LogP contribution in [-0.4, -0.2) is 26.7 Å².